The number of fused-ring (bicyclic) bond motifs is 6. The van der Waals surface area contributed by atoms with Crippen molar-refractivity contribution in [2.45, 2.75) is 43.5 Å². The van der Waals surface area contributed by atoms with Crippen molar-refractivity contribution >= 4 is 50.1 Å². The first-order chi connectivity index (χ1) is 18.8. The Bertz CT molecular complexity index is 1720. The van der Waals surface area contributed by atoms with Gasteiger partial charge in [-0.3, -0.25) is 0 Å². The van der Waals surface area contributed by atoms with Crippen LogP contribution in [-0.2, 0) is 6.54 Å². The fourth-order valence-electron chi connectivity index (χ4n) is 6.55. The summed E-state index contributed by atoms with van der Waals surface area (Å²) in [6, 6.07) is 28.9. The van der Waals surface area contributed by atoms with Gasteiger partial charge in [-0.25, -0.2) is 0 Å². The van der Waals surface area contributed by atoms with Crippen molar-refractivity contribution < 1.29 is 4.57 Å². The first kappa shape index (κ1) is 22.6. The van der Waals surface area contributed by atoms with E-state index in [0.717, 1.165) is 38.8 Å². The molecule has 0 saturated carbocycles. The second kappa shape index (κ2) is 9.14. The highest BCUT2D eigenvalue weighted by Gasteiger charge is 2.33. The monoisotopic (exact) mass is 529 g/mol. The standard InChI is InChI=1S/C34H29N2S2/c1-2-9-23(10-3-1)32-24(21-26-17-19-35-28-13-4-6-15-30(28)37-33(26)35)11-8-12-25(32)22-27-18-20-36-29-14-5-7-16-31(29)38-34(27)36/h1-7,9-10,13-16,21-22H,8,11-12,17-20H2/q+1. The van der Waals surface area contributed by atoms with Crippen LogP contribution < -0.4 is 9.47 Å². The van der Waals surface area contributed by atoms with Gasteiger partial charge in [-0.2, -0.15) is 4.57 Å². The normalized spacial score (nSPS) is 20.7. The summed E-state index contributed by atoms with van der Waals surface area (Å²) < 4.78 is 3.92. The maximum Gasteiger partial charge on any atom is 0.266 e. The van der Waals surface area contributed by atoms with Gasteiger partial charge in [0.25, 0.3) is 5.01 Å². The number of aromatic nitrogens is 1. The predicted molar refractivity (Wildman–Crippen MR) is 161 cm³/mol. The second-order valence-corrected chi connectivity index (χ2v) is 12.6. The molecule has 1 aromatic heterocycles. The number of nitrogens with zero attached hydrogens (tertiary/aromatic N) is 2. The van der Waals surface area contributed by atoms with Gasteiger partial charge < -0.3 is 4.90 Å². The fraction of sp³-hybridized carbons (Fsp3) is 0.206. The van der Waals surface area contributed by atoms with Crippen LogP contribution in [0.15, 0.2) is 118 Å². The highest BCUT2D eigenvalue weighted by Crippen LogP contribution is 2.51. The molecule has 0 fully saturated rings. The lowest BCUT2D eigenvalue weighted by Gasteiger charge is -2.23. The van der Waals surface area contributed by atoms with Crippen molar-refractivity contribution in [3.05, 3.63) is 123 Å². The fourth-order valence-corrected chi connectivity index (χ4v) is 9.01. The number of hydrogen-bond donors (Lipinski definition) is 0. The second-order valence-electron chi connectivity index (χ2n) is 10.5. The molecule has 3 aromatic carbocycles. The summed E-state index contributed by atoms with van der Waals surface area (Å²) in [5.74, 6) is 0. The van der Waals surface area contributed by atoms with Gasteiger partial charge in [0.2, 0.25) is 5.52 Å². The molecule has 0 spiro atoms. The van der Waals surface area contributed by atoms with Crippen molar-refractivity contribution in [2.24, 2.45) is 0 Å². The minimum atomic E-state index is 1.09. The quantitative estimate of drug-likeness (QED) is 0.245. The molecule has 186 valence electrons. The van der Waals surface area contributed by atoms with Crippen LogP contribution in [0.25, 0.3) is 21.4 Å². The molecule has 4 aromatic rings. The Morgan fingerprint density at radius 1 is 0.737 bits per heavy atom. The lowest BCUT2D eigenvalue weighted by Crippen LogP contribution is -2.30. The van der Waals surface area contributed by atoms with E-state index in [-0.39, 0.29) is 0 Å². The number of benzene rings is 3. The average Bonchev–Trinajstić information content (AvgIpc) is 3.71. The van der Waals surface area contributed by atoms with Gasteiger partial charge in [0.05, 0.1) is 10.7 Å². The maximum absolute atomic E-state index is 2.56. The molecule has 0 bridgehead atoms. The first-order valence-electron chi connectivity index (χ1n) is 13.7. The Labute approximate surface area is 232 Å². The van der Waals surface area contributed by atoms with E-state index in [1.807, 2.05) is 23.1 Å². The number of thioether (sulfide) groups is 1. The van der Waals surface area contributed by atoms with Crippen LogP contribution in [-0.4, -0.2) is 6.54 Å². The van der Waals surface area contributed by atoms with Gasteiger partial charge in [-0.05, 0) is 77.8 Å². The molecule has 4 aliphatic rings. The van der Waals surface area contributed by atoms with Crippen LogP contribution in [0.1, 0.15) is 42.7 Å². The number of para-hydroxylation sites is 2. The van der Waals surface area contributed by atoms with E-state index >= 15 is 0 Å². The highest BCUT2D eigenvalue weighted by atomic mass is 32.2. The molecule has 8 rings (SSSR count). The molecule has 1 aliphatic carbocycles. The smallest absolute Gasteiger partial charge is 0.266 e. The van der Waals surface area contributed by atoms with Gasteiger partial charge >= 0.3 is 0 Å². The minimum absolute atomic E-state index is 1.09. The molecule has 38 heavy (non-hydrogen) atoms. The zero-order valence-electron chi connectivity index (χ0n) is 21.3. The molecule has 2 nitrogen and oxygen atoms in total. The molecule has 0 radical (unpaired) electrons. The Kier molecular flexibility index (Phi) is 5.45. The Balaban J connectivity index is 1.25. The van der Waals surface area contributed by atoms with E-state index in [1.54, 1.807) is 0 Å². The number of rotatable bonds is 3. The van der Waals surface area contributed by atoms with E-state index in [4.69, 9.17) is 0 Å². The first-order valence-corrected chi connectivity index (χ1v) is 15.4. The van der Waals surface area contributed by atoms with Crippen molar-refractivity contribution in [2.75, 3.05) is 11.4 Å². The van der Waals surface area contributed by atoms with Crippen LogP contribution in [0.5, 0.6) is 0 Å². The van der Waals surface area contributed by atoms with Crippen LogP contribution in [0.2, 0.25) is 0 Å². The van der Waals surface area contributed by atoms with Gasteiger partial charge in [-0.1, -0.05) is 83.8 Å². The van der Waals surface area contributed by atoms with E-state index in [9.17, 15) is 0 Å². The zero-order valence-corrected chi connectivity index (χ0v) is 23.0. The molecule has 4 heteroatoms. The van der Waals surface area contributed by atoms with E-state index in [1.165, 1.54) is 70.7 Å². The minimum Gasteiger partial charge on any atom is -0.334 e. The van der Waals surface area contributed by atoms with Crippen molar-refractivity contribution in [3.8, 4) is 0 Å². The number of thiazole rings is 1. The molecular formula is C34H29N2S2+. The largest absolute Gasteiger partial charge is 0.334 e. The van der Waals surface area contributed by atoms with Crippen LogP contribution >= 0.6 is 23.1 Å². The third-order valence-electron chi connectivity index (χ3n) is 8.27. The van der Waals surface area contributed by atoms with Gasteiger partial charge in [0.15, 0.2) is 6.54 Å². The summed E-state index contributed by atoms with van der Waals surface area (Å²) in [5.41, 5.74) is 11.6. The number of aryl methyl sites for hydroxylation is 1. The van der Waals surface area contributed by atoms with Crippen LogP contribution in [0, 0.1) is 0 Å². The maximum atomic E-state index is 2.56. The summed E-state index contributed by atoms with van der Waals surface area (Å²) in [6.45, 7) is 2.18. The van der Waals surface area contributed by atoms with Gasteiger partial charge in [0, 0.05) is 29.5 Å². The van der Waals surface area contributed by atoms with Gasteiger partial charge in [0.1, 0.15) is 4.70 Å². The zero-order chi connectivity index (χ0) is 25.1. The van der Waals surface area contributed by atoms with Crippen molar-refractivity contribution in [1.82, 2.24) is 0 Å². The summed E-state index contributed by atoms with van der Waals surface area (Å²) in [4.78, 5) is 3.92. The lowest BCUT2D eigenvalue weighted by molar-refractivity contribution is -0.659. The summed E-state index contributed by atoms with van der Waals surface area (Å²) in [7, 11) is 0. The molecule has 0 N–H and O–H groups in total. The number of hydrogen-bond acceptors (Lipinski definition) is 3. The highest BCUT2D eigenvalue weighted by molar-refractivity contribution is 8.03. The molecule has 0 amide bonds. The molecule has 4 heterocycles. The van der Waals surface area contributed by atoms with Crippen LogP contribution in [0.3, 0.4) is 0 Å². The Morgan fingerprint density at radius 3 is 2.50 bits per heavy atom. The number of anilines is 1. The van der Waals surface area contributed by atoms with Crippen LogP contribution in [0.4, 0.5) is 5.69 Å². The Hall–Kier alpha value is -3.34. The molecular weight excluding hydrogens is 501 g/mol. The third kappa shape index (κ3) is 3.65. The molecule has 0 unspecified atom stereocenters. The summed E-state index contributed by atoms with van der Waals surface area (Å²) >= 11 is 3.91. The van der Waals surface area contributed by atoms with Gasteiger partial charge in [-0.15, -0.1) is 0 Å². The number of allylic oxidation sites excluding steroid dienone is 6. The van der Waals surface area contributed by atoms with E-state index in [2.05, 4.69) is 100 Å². The van der Waals surface area contributed by atoms with E-state index < -0.39 is 0 Å². The summed E-state index contributed by atoms with van der Waals surface area (Å²) in [6.07, 6.45) is 10.9. The van der Waals surface area contributed by atoms with Crippen molar-refractivity contribution in [3.63, 3.8) is 0 Å². The predicted octanol–water partition coefficient (Wildman–Crippen LogP) is 8.77. The third-order valence-corrected chi connectivity index (χ3v) is 10.8. The van der Waals surface area contributed by atoms with E-state index in [0.29, 0.717) is 0 Å². The Morgan fingerprint density at radius 2 is 1.55 bits per heavy atom. The molecule has 0 saturated heterocycles. The average molecular weight is 530 g/mol. The SMILES string of the molecule is C(/C1=C(c2ccccc2)C(=C/C2=C3Sc4ccccc4N3CC2)/CCC1)=C1\CC[n+]2c1sc1ccccc12. The lowest BCUT2D eigenvalue weighted by atomic mass is 9.81. The summed E-state index contributed by atoms with van der Waals surface area (Å²) in [5, 5.41) is 2.89. The molecule has 3 aliphatic heterocycles. The molecule has 0 atom stereocenters. The topological polar surface area (TPSA) is 7.12 Å². The van der Waals surface area contributed by atoms with Crippen molar-refractivity contribution in [1.29, 1.82) is 0 Å².